The van der Waals surface area contributed by atoms with Crippen LogP contribution in [-0.4, -0.2) is 41.2 Å². The summed E-state index contributed by atoms with van der Waals surface area (Å²) in [4.78, 5) is 12.9. The van der Waals surface area contributed by atoms with Crippen molar-refractivity contribution in [2.24, 2.45) is 0 Å². The van der Waals surface area contributed by atoms with Gasteiger partial charge in [-0.05, 0) is 24.3 Å². The van der Waals surface area contributed by atoms with Gasteiger partial charge in [0.15, 0.2) is 0 Å². The second-order valence-electron chi connectivity index (χ2n) is 3.63. The fourth-order valence-corrected chi connectivity index (χ4v) is 1.25. The van der Waals surface area contributed by atoms with Crippen LogP contribution in [-0.2, 0) is 4.79 Å². The minimum Gasteiger partial charge on any atom is -0.507 e. The van der Waals surface area contributed by atoms with Crippen molar-refractivity contribution in [1.29, 1.82) is 0 Å². The quantitative estimate of drug-likeness (QED) is 0.431. The molecule has 0 atom stereocenters. The van der Waals surface area contributed by atoms with Gasteiger partial charge < -0.3 is 20.8 Å². The molecule has 0 bridgehead atoms. The Morgan fingerprint density at radius 2 is 2.17 bits per heavy atom. The van der Waals surface area contributed by atoms with Gasteiger partial charge in [-0.3, -0.25) is 4.79 Å². The molecule has 1 aromatic rings. The number of amides is 1. The highest BCUT2D eigenvalue weighted by Gasteiger charge is 2.04. The van der Waals surface area contributed by atoms with Gasteiger partial charge in [0.05, 0.1) is 6.61 Å². The van der Waals surface area contributed by atoms with Gasteiger partial charge in [0.2, 0.25) is 5.91 Å². The van der Waals surface area contributed by atoms with Crippen LogP contribution in [0, 0.1) is 0 Å². The molecule has 0 saturated heterocycles. The van der Waals surface area contributed by atoms with Gasteiger partial charge in [-0.15, -0.1) is 12.4 Å². The molecule has 5 nitrogen and oxygen atoms in total. The number of rotatable bonds is 4. The zero-order valence-electron chi connectivity index (χ0n) is 10.0. The molecule has 0 heterocycles. The minimum absolute atomic E-state index is 0. The van der Waals surface area contributed by atoms with Gasteiger partial charge in [0.25, 0.3) is 0 Å². The number of aromatic hydroxyl groups is 1. The number of likely N-dealkylation sites (N-methyl/N-ethyl adjacent to an activating group) is 1. The first-order chi connectivity index (χ1) is 8.04. The first-order valence-corrected chi connectivity index (χ1v) is 5.17. The van der Waals surface area contributed by atoms with Crippen molar-refractivity contribution in [3.05, 3.63) is 29.8 Å². The van der Waals surface area contributed by atoms with Gasteiger partial charge in [0, 0.05) is 30.9 Å². The third-order valence-corrected chi connectivity index (χ3v) is 2.27. The zero-order valence-corrected chi connectivity index (χ0v) is 10.9. The lowest BCUT2D eigenvalue weighted by atomic mass is 10.1. The summed E-state index contributed by atoms with van der Waals surface area (Å²) in [5, 5.41) is 18.2. The van der Waals surface area contributed by atoms with Crippen molar-refractivity contribution in [3.8, 4) is 5.75 Å². The number of nitrogen functional groups attached to an aromatic ring is 1. The summed E-state index contributed by atoms with van der Waals surface area (Å²) < 4.78 is 0. The zero-order chi connectivity index (χ0) is 12.8. The van der Waals surface area contributed by atoms with E-state index in [1.807, 2.05) is 0 Å². The molecular formula is C12H17ClN2O3. The molecule has 0 fully saturated rings. The predicted octanol–water partition coefficient (Wildman–Crippen LogP) is 0.860. The number of nitrogens with two attached hydrogens (primary N) is 1. The third kappa shape index (κ3) is 4.65. The summed E-state index contributed by atoms with van der Waals surface area (Å²) in [5.74, 6) is -0.186. The summed E-state index contributed by atoms with van der Waals surface area (Å²) in [5.41, 5.74) is 6.56. The van der Waals surface area contributed by atoms with Crippen molar-refractivity contribution in [2.75, 3.05) is 25.9 Å². The van der Waals surface area contributed by atoms with E-state index in [2.05, 4.69) is 0 Å². The van der Waals surface area contributed by atoms with E-state index < -0.39 is 0 Å². The Hall–Kier alpha value is -1.72. The van der Waals surface area contributed by atoms with Crippen LogP contribution in [0.25, 0.3) is 6.08 Å². The molecule has 4 N–H and O–H groups in total. The SMILES string of the molecule is CN(CCO)C(=O)C=Cc1cc(N)ccc1O.Cl. The van der Waals surface area contributed by atoms with Crippen LogP contribution in [0.2, 0.25) is 0 Å². The predicted molar refractivity (Wildman–Crippen MR) is 73.5 cm³/mol. The number of phenolic OH excluding ortho intramolecular Hbond substituents is 1. The topological polar surface area (TPSA) is 86.8 Å². The lowest BCUT2D eigenvalue weighted by Gasteiger charge is -2.12. The maximum Gasteiger partial charge on any atom is 0.246 e. The average molecular weight is 273 g/mol. The van der Waals surface area contributed by atoms with Gasteiger partial charge in [-0.1, -0.05) is 0 Å². The van der Waals surface area contributed by atoms with E-state index in [4.69, 9.17) is 10.8 Å². The minimum atomic E-state index is -0.249. The molecule has 0 aromatic heterocycles. The number of halogens is 1. The molecule has 0 saturated carbocycles. The number of hydrogen-bond donors (Lipinski definition) is 3. The van der Waals surface area contributed by atoms with Crippen molar-refractivity contribution in [2.45, 2.75) is 0 Å². The fraction of sp³-hybridized carbons (Fsp3) is 0.250. The van der Waals surface area contributed by atoms with Crippen molar-refractivity contribution < 1.29 is 15.0 Å². The Morgan fingerprint density at radius 3 is 2.78 bits per heavy atom. The molecule has 0 aliphatic rings. The second-order valence-corrected chi connectivity index (χ2v) is 3.63. The van der Waals surface area contributed by atoms with E-state index in [0.29, 0.717) is 11.3 Å². The monoisotopic (exact) mass is 272 g/mol. The summed E-state index contributed by atoms with van der Waals surface area (Å²) in [7, 11) is 1.59. The van der Waals surface area contributed by atoms with E-state index in [1.165, 1.54) is 23.1 Å². The molecule has 0 radical (unpaired) electrons. The van der Waals surface area contributed by atoms with Crippen LogP contribution in [0.5, 0.6) is 5.75 Å². The molecule has 100 valence electrons. The highest BCUT2D eigenvalue weighted by atomic mass is 35.5. The Morgan fingerprint density at radius 1 is 1.50 bits per heavy atom. The fourth-order valence-electron chi connectivity index (χ4n) is 1.25. The number of carbonyl (C=O) groups excluding carboxylic acids is 1. The Labute approximate surface area is 112 Å². The van der Waals surface area contributed by atoms with Crippen molar-refractivity contribution >= 4 is 30.1 Å². The molecule has 0 aliphatic carbocycles. The number of phenols is 1. The van der Waals surface area contributed by atoms with E-state index in [-0.39, 0.29) is 37.2 Å². The number of benzene rings is 1. The standard InChI is InChI=1S/C12H16N2O3.ClH/c1-14(6-7-15)12(17)5-2-9-8-10(13)3-4-11(9)16;/h2-5,8,15-16H,6-7,13H2,1H3;1H. The maximum absolute atomic E-state index is 11.5. The normalized spacial score (nSPS) is 10.1. The van der Waals surface area contributed by atoms with E-state index in [1.54, 1.807) is 19.2 Å². The largest absolute Gasteiger partial charge is 0.507 e. The van der Waals surface area contributed by atoms with Crippen LogP contribution in [0.1, 0.15) is 5.56 Å². The molecule has 18 heavy (non-hydrogen) atoms. The number of aliphatic hydroxyl groups excluding tert-OH is 1. The average Bonchev–Trinajstić information content (AvgIpc) is 2.30. The summed E-state index contributed by atoms with van der Waals surface area (Å²) in [6.07, 6.45) is 2.81. The molecule has 0 spiro atoms. The molecule has 1 amide bonds. The van der Waals surface area contributed by atoms with Crippen LogP contribution in [0.4, 0.5) is 5.69 Å². The van der Waals surface area contributed by atoms with Crippen LogP contribution in [0.3, 0.4) is 0 Å². The Bertz CT molecular complexity index is 435. The van der Waals surface area contributed by atoms with Gasteiger partial charge in [-0.2, -0.15) is 0 Å². The number of carbonyl (C=O) groups is 1. The summed E-state index contributed by atoms with van der Waals surface area (Å²) in [6.45, 7) is 0.186. The smallest absolute Gasteiger partial charge is 0.246 e. The van der Waals surface area contributed by atoms with Crippen LogP contribution < -0.4 is 5.73 Å². The highest BCUT2D eigenvalue weighted by molar-refractivity contribution is 5.92. The van der Waals surface area contributed by atoms with E-state index in [0.717, 1.165) is 0 Å². The van der Waals surface area contributed by atoms with Crippen molar-refractivity contribution in [3.63, 3.8) is 0 Å². The van der Waals surface area contributed by atoms with Gasteiger partial charge in [0.1, 0.15) is 5.75 Å². The van der Waals surface area contributed by atoms with E-state index >= 15 is 0 Å². The lowest BCUT2D eigenvalue weighted by Crippen LogP contribution is -2.27. The number of hydrogen-bond acceptors (Lipinski definition) is 4. The van der Waals surface area contributed by atoms with Crippen molar-refractivity contribution in [1.82, 2.24) is 4.90 Å². The highest BCUT2D eigenvalue weighted by Crippen LogP contribution is 2.20. The summed E-state index contributed by atoms with van der Waals surface area (Å²) >= 11 is 0. The molecule has 1 rings (SSSR count). The maximum atomic E-state index is 11.5. The second kappa shape index (κ2) is 7.58. The molecule has 1 aromatic carbocycles. The van der Waals surface area contributed by atoms with Crippen LogP contribution >= 0.6 is 12.4 Å². The Kier molecular flexibility index (Phi) is 6.85. The first-order valence-electron chi connectivity index (χ1n) is 5.17. The number of anilines is 1. The molecular weight excluding hydrogens is 256 g/mol. The third-order valence-electron chi connectivity index (χ3n) is 2.27. The Balaban J connectivity index is 0.00000289. The molecule has 0 unspecified atom stereocenters. The van der Waals surface area contributed by atoms with Crippen LogP contribution in [0.15, 0.2) is 24.3 Å². The lowest BCUT2D eigenvalue weighted by molar-refractivity contribution is -0.125. The van der Waals surface area contributed by atoms with E-state index in [9.17, 15) is 9.90 Å². The first kappa shape index (κ1) is 16.3. The number of aliphatic hydroxyl groups is 1. The summed E-state index contributed by atoms with van der Waals surface area (Å²) in [6, 6.07) is 4.62. The van der Waals surface area contributed by atoms with Gasteiger partial charge >= 0.3 is 0 Å². The molecule has 0 aliphatic heterocycles. The molecule has 6 heteroatoms. The van der Waals surface area contributed by atoms with Gasteiger partial charge in [-0.25, -0.2) is 0 Å². The number of nitrogens with zero attached hydrogens (tertiary/aromatic N) is 1.